The predicted octanol–water partition coefficient (Wildman–Crippen LogP) is 9.52. The molecule has 224 valence electrons. The first-order valence-electron chi connectivity index (χ1n) is 16.1. The van der Waals surface area contributed by atoms with Gasteiger partial charge in [0, 0.05) is 46.5 Å². The molecular weight excluding hydrogens is 554 g/mol. The van der Waals surface area contributed by atoms with Crippen LogP contribution in [0.4, 0.5) is 17.1 Å². The first-order valence-corrected chi connectivity index (χ1v) is 16.1. The van der Waals surface area contributed by atoms with Gasteiger partial charge in [-0.25, -0.2) is 4.98 Å². The van der Waals surface area contributed by atoms with Gasteiger partial charge in [0.15, 0.2) is 0 Å². The second-order valence-corrected chi connectivity index (χ2v) is 14.2. The number of hydrogen-bond donors (Lipinski definition) is 0. The number of aromatic nitrogens is 3. The Labute approximate surface area is 263 Å². The summed E-state index contributed by atoms with van der Waals surface area (Å²) in [5, 5.41) is 2.39. The Balaban J connectivity index is 1.08. The third kappa shape index (κ3) is 4.15. The molecule has 1 aliphatic heterocycles. The van der Waals surface area contributed by atoms with E-state index in [0.717, 1.165) is 46.6 Å². The van der Waals surface area contributed by atoms with Crippen LogP contribution >= 0.6 is 0 Å². The summed E-state index contributed by atoms with van der Waals surface area (Å²) in [6.07, 6.45) is 11.2. The molecule has 0 unspecified atom stereocenters. The summed E-state index contributed by atoms with van der Waals surface area (Å²) in [5.74, 6) is 3.44. The van der Waals surface area contributed by atoms with Crippen LogP contribution in [0.3, 0.4) is 0 Å². The monoisotopic (exact) mass is 591 g/mol. The number of hydrogen-bond acceptors (Lipinski definition) is 5. The van der Waals surface area contributed by atoms with E-state index in [1.807, 2.05) is 18.5 Å². The van der Waals surface area contributed by atoms with E-state index < -0.39 is 0 Å². The Morgan fingerprint density at radius 2 is 1.64 bits per heavy atom. The molecule has 3 aromatic heterocycles. The quantitative estimate of drug-likeness (QED) is 0.200. The molecule has 6 nitrogen and oxygen atoms in total. The van der Waals surface area contributed by atoms with E-state index in [1.165, 1.54) is 53.4 Å². The number of fused-ring (bicyclic) bond motifs is 5. The minimum absolute atomic E-state index is 0.0240. The van der Waals surface area contributed by atoms with E-state index in [1.54, 1.807) is 0 Å². The number of anilines is 3. The summed E-state index contributed by atoms with van der Waals surface area (Å²) in [5.41, 5.74) is 7.41. The van der Waals surface area contributed by atoms with Gasteiger partial charge in [-0.2, -0.15) is 0 Å². The standard InChI is InChI=1S/C39H37N5O/c1-38(2,3)27-14-18-41-37(19-27)44-33-10-5-4-9-31(33)32-12-11-30(21-35(32)44)45-29-8-6-7-28(20-29)42-25-43(36-24-40-17-15-34(36)42)39-16-13-26(22-39)23-39/h4-12,14-15,17-21,24,26H,13,16,22-23,25H2,1-3H3. The molecule has 0 N–H and O–H groups in total. The van der Waals surface area contributed by atoms with Gasteiger partial charge in [0.1, 0.15) is 17.3 Å². The highest BCUT2D eigenvalue weighted by Crippen LogP contribution is 2.59. The molecule has 3 saturated carbocycles. The van der Waals surface area contributed by atoms with Gasteiger partial charge >= 0.3 is 0 Å². The van der Waals surface area contributed by atoms with Gasteiger partial charge in [-0.15, -0.1) is 0 Å². The van der Waals surface area contributed by atoms with Crippen LogP contribution < -0.4 is 14.5 Å². The zero-order valence-electron chi connectivity index (χ0n) is 26.1. The van der Waals surface area contributed by atoms with E-state index >= 15 is 0 Å². The third-order valence-corrected chi connectivity index (χ3v) is 10.4. The summed E-state index contributed by atoms with van der Waals surface area (Å²) in [6.45, 7) is 7.57. The van der Waals surface area contributed by atoms with Gasteiger partial charge in [0.2, 0.25) is 0 Å². The maximum absolute atomic E-state index is 6.61. The minimum atomic E-state index is 0.0240. The Bertz CT molecular complexity index is 2100. The molecule has 4 aliphatic rings. The van der Waals surface area contributed by atoms with Crippen LogP contribution in [0.15, 0.2) is 104 Å². The van der Waals surface area contributed by atoms with Crippen molar-refractivity contribution in [3.8, 4) is 17.3 Å². The third-order valence-electron chi connectivity index (χ3n) is 10.4. The fourth-order valence-electron chi connectivity index (χ4n) is 8.11. The van der Waals surface area contributed by atoms with Crippen molar-refractivity contribution in [2.45, 2.75) is 57.4 Å². The van der Waals surface area contributed by atoms with Crippen molar-refractivity contribution < 1.29 is 4.74 Å². The molecule has 4 heterocycles. The van der Waals surface area contributed by atoms with E-state index in [2.05, 4.69) is 125 Å². The lowest BCUT2D eigenvalue weighted by Gasteiger charge is -2.47. The van der Waals surface area contributed by atoms with Gasteiger partial charge in [0.25, 0.3) is 0 Å². The SMILES string of the molecule is CC(C)(C)c1ccnc(-n2c3ccccc3c3ccc(Oc4cccc(N5CN(C67CCC(C6)C7)c6cnccc65)c4)cc32)c1. The zero-order chi connectivity index (χ0) is 30.3. The van der Waals surface area contributed by atoms with Crippen molar-refractivity contribution in [3.63, 3.8) is 0 Å². The topological polar surface area (TPSA) is 46.4 Å². The molecule has 2 bridgehead atoms. The molecule has 3 aromatic carbocycles. The zero-order valence-corrected chi connectivity index (χ0v) is 26.1. The first-order chi connectivity index (χ1) is 21.9. The van der Waals surface area contributed by atoms with Gasteiger partial charge < -0.3 is 14.5 Å². The van der Waals surface area contributed by atoms with Gasteiger partial charge in [0.05, 0.1) is 35.3 Å². The Hall–Kier alpha value is -4.84. The maximum atomic E-state index is 6.61. The summed E-state index contributed by atoms with van der Waals surface area (Å²) in [7, 11) is 0. The fraction of sp³-hybridized carbons (Fsp3) is 0.282. The van der Waals surface area contributed by atoms with E-state index in [9.17, 15) is 0 Å². The molecule has 10 rings (SSSR count). The number of ether oxygens (including phenoxy) is 1. The second kappa shape index (κ2) is 9.58. The molecule has 6 aromatic rings. The molecule has 3 aliphatic carbocycles. The predicted molar refractivity (Wildman–Crippen MR) is 182 cm³/mol. The molecule has 0 saturated heterocycles. The highest BCUT2D eigenvalue weighted by molar-refractivity contribution is 6.09. The van der Waals surface area contributed by atoms with Gasteiger partial charge in [-0.3, -0.25) is 9.55 Å². The van der Waals surface area contributed by atoms with E-state index in [0.29, 0.717) is 5.54 Å². The molecule has 6 heteroatoms. The van der Waals surface area contributed by atoms with Gasteiger partial charge in [-0.05, 0) is 91.1 Å². The van der Waals surface area contributed by atoms with Crippen LogP contribution in [0.1, 0.15) is 52.0 Å². The van der Waals surface area contributed by atoms with Crippen LogP contribution in [0, 0.1) is 5.92 Å². The van der Waals surface area contributed by atoms with Crippen molar-refractivity contribution in [1.29, 1.82) is 0 Å². The van der Waals surface area contributed by atoms with Crippen molar-refractivity contribution in [3.05, 3.63) is 109 Å². The Morgan fingerprint density at radius 3 is 2.49 bits per heavy atom. The molecule has 0 spiro atoms. The molecular formula is C39H37N5O. The molecule has 0 atom stereocenters. The minimum Gasteiger partial charge on any atom is -0.457 e. The Morgan fingerprint density at radius 1 is 0.800 bits per heavy atom. The van der Waals surface area contributed by atoms with Crippen LogP contribution in [0.25, 0.3) is 27.6 Å². The normalized spacial score (nSPS) is 20.6. The van der Waals surface area contributed by atoms with Crippen LogP contribution in [-0.4, -0.2) is 26.7 Å². The molecule has 0 amide bonds. The fourth-order valence-corrected chi connectivity index (χ4v) is 8.11. The summed E-state index contributed by atoms with van der Waals surface area (Å²) < 4.78 is 8.87. The number of nitrogens with zero attached hydrogens (tertiary/aromatic N) is 5. The molecule has 3 fully saturated rings. The van der Waals surface area contributed by atoms with Crippen molar-refractivity contribution in [2.75, 3.05) is 16.5 Å². The maximum Gasteiger partial charge on any atom is 0.137 e. The van der Waals surface area contributed by atoms with E-state index in [-0.39, 0.29) is 5.41 Å². The smallest absolute Gasteiger partial charge is 0.137 e. The average molecular weight is 592 g/mol. The lowest BCUT2D eigenvalue weighted by Crippen LogP contribution is -2.53. The number of rotatable bonds is 5. The largest absolute Gasteiger partial charge is 0.457 e. The summed E-state index contributed by atoms with van der Waals surface area (Å²) >= 11 is 0. The van der Waals surface area contributed by atoms with Crippen LogP contribution in [0.5, 0.6) is 11.5 Å². The average Bonchev–Trinajstić information content (AvgIpc) is 3.81. The molecule has 0 radical (unpaired) electrons. The summed E-state index contributed by atoms with van der Waals surface area (Å²) in [6, 6.07) is 29.9. The first kappa shape index (κ1) is 26.6. The second-order valence-electron chi connectivity index (χ2n) is 14.2. The Kier molecular flexibility index (Phi) is 5.65. The van der Waals surface area contributed by atoms with Crippen molar-refractivity contribution >= 4 is 38.9 Å². The van der Waals surface area contributed by atoms with E-state index in [4.69, 9.17) is 9.72 Å². The lowest BCUT2D eigenvalue weighted by atomic mass is 9.76. The molecule has 45 heavy (non-hydrogen) atoms. The van der Waals surface area contributed by atoms with Crippen molar-refractivity contribution in [2.24, 2.45) is 5.92 Å². The van der Waals surface area contributed by atoms with Crippen LogP contribution in [-0.2, 0) is 5.41 Å². The summed E-state index contributed by atoms with van der Waals surface area (Å²) in [4.78, 5) is 14.4. The van der Waals surface area contributed by atoms with Gasteiger partial charge in [-0.1, -0.05) is 45.0 Å². The highest BCUT2D eigenvalue weighted by Gasteiger charge is 2.56. The number of pyridine rings is 2. The van der Waals surface area contributed by atoms with Crippen molar-refractivity contribution in [1.82, 2.24) is 14.5 Å². The van der Waals surface area contributed by atoms with Crippen LogP contribution in [0.2, 0.25) is 0 Å². The number of benzene rings is 3. The highest BCUT2D eigenvalue weighted by atomic mass is 16.5. The number of para-hydroxylation sites is 1. The lowest BCUT2D eigenvalue weighted by molar-refractivity contribution is 0.232.